The highest BCUT2D eigenvalue weighted by molar-refractivity contribution is 7.92. The molecular weight excluding hydrogens is 462 g/mol. The van der Waals surface area contributed by atoms with E-state index in [9.17, 15) is 21.6 Å². The first-order valence-electron chi connectivity index (χ1n) is 10.2. The minimum atomic E-state index is -3.88. The van der Waals surface area contributed by atoms with Gasteiger partial charge in [0.2, 0.25) is 15.6 Å². The number of sulfone groups is 2. The van der Waals surface area contributed by atoms with E-state index in [1.54, 1.807) is 35.1 Å². The van der Waals surface area contributed by atoms with E-state index in [-0.39, 0.29) is 32.6 Å². The summed E-state index contributed by atoms with van der Waals surface area (Å²) in [6, 6.07) is 11.6. The van der Waals surface area contributed by atoms with Crippen molar-refractivity contribution in [2.45, 2.75) is 34.5 Å². The van der Waals surface area contributed by atoms with Crippen LogP contribution in [0.15, 0.2) is 88.0 Å². The van der Waals surface area contributed by atoms with Gasteiger partial charge in [-0.3, -0.25) is 9.20 Å². The third kappa shape index (κ3) is 4.71. The van der Waals surface area contributed by atoms with Crippen LogP contribution in [0.4, 0.5) is 0 Å². The van der Waals surface area contributed by atoms with E-state index in [1.165, 1.54) is 49.5 Å². The number of hydrogen-bond donors (Lipinski definition) is 0. The lowest BCUT2D eigenvalue weighted by Gasteiger charge is -2.08. The predicted octanol–water partition coefficient (Wildman–Crippen LogP) is 3.17. The fourth-order valence-electron chi connectivity index (χ4n) is 3.34. The number of rotatable bonds is 8. The van der Waals surface area contributed by atoms with Gasteiger partial charge in [0.05, 0.1) is 26.0 Å². The molecule has 0 saturated carbocycles. The standard InChI is InChI=1S/C23H21N3O5S2/c1-2-32(28,29)20-4-3-5-21(14-20)33(30,31)19-9-6-17(7-10-19)8-11-22(27)18-15-25-23-24-12-13-26(23)16-18/h3-7,9-10,12-16H,2,8,11H2,1H3. The molecule has 0 fully saturated rings. The molecular formula is C23H21N3O5S2. The van der Waals surface area contributed by atoms with Crippen molar-refractivity contribution in [2.75, 3.05) is 5.75 Å². The smallest absolute Gasteiger partial charge is 0.233 e. The molecule has 2 aromatic carbocycles. The highest BCUT2D eigenvalue weighted by Crippen LogP contribution is 2.24. The van der Waals surface area contributed by atoms with E-state index in [0.29, 0.717) is 17.8 Å². The van der Waals surface area contributed by atoms with Crippen molar-refractivity contribution in [1.29, 1.82) is 0 Å². The maximum Gasteiger partial charge on any atom is 0.233 e. The zero-order chi connectivity index (χ0) is 23.6. The van der Waals surface area contributed by atoms with Crippen LogP contribution < -0.4 is 0 Å². The van der Waals surface area contributed by atoms with Gasteiger partial charge in [0.15, 0.2) is 15.6 Å². The molecule has 4 rings (SSSR count). The Balaban J connectivity index is 1.48. The number of fused-ring (bicyclic) bond motifs is 1. The Labute approximate surface area is 191 Å². The number of ketones is 1. The number of imidazole rings is 1. The molecule has 0 amide bonds. The van der Waals surface area contributed by atoms with E-state index >= 15 is 0 Å². The van der Waals surface area contributed by atoms with Crippen molar-refractivity contribution in [3.8, 4) is 0 Å². The lowest BCUT2D eigenvalue weighted by Crippen LogP contribution is -2.07. The molecule has 0 aliphatic rings. The number of benzene rings is 2. The first-order chi connectivity index (χ1) is 15.7. The highest BCUT2D eigenvalue weighted by Gasteiger charge is 2.21. The number of nitrogens with zero attached hydrogens (tertiary/aromatic N) is 3. The van der Waals surface area contributed by atoms with Crippen LogP contribution in [0.2, 0.25) is 0 Å². The minimum absolute atomic E-state index is 0.0235. The van der Waals surface area contributed by atoms with Crippen LogP contribution in [0, 0.1) is 0 Å². The second kappa shape index (κ2) is 8.87. The number of aromatic nitrogens is 3. The summed E-state index contributed by atoms with van der Waals surface area (Å²) in [5.74, 6) is 0.320. The molecule has 0 saturated heterocycles. The zero-order valence-corrected chi connectivity index (χ0v) is 19.4. The fourth-order valence-corrected chi connectivity index (χ4v) is 5.64. The fraction of sp³-hybridized carbons (Fsp3) is 0.174. The van der Waals surface area contributed by atoms with Crippen molar-refractivity contribution in [1.82, 2.24) is 14.4 Å². The summed E-state index contributed by atoms with van der Waals surface area (Å²) in [7, 11) is -7.41. The van der Waals surface area contributed by atoms with Crippen molar-refractivity contribution < 1.29 is 21.6 Å². The maximum absolute atomic E-state index is 13.0. The second-order valence-corrected chi connectivity index (χ2v) is 11.7. The van der Waals surface area contributed by atoms with E-state index in [1.807, 2.05) is 0 Å². The maximum atomic E-state index is 13.0. The Kier molecular flexibility index (Phi) is 6.13. The SMILES string of the molecule is CCS(=O)(=O)c1cccc(S(=O)(=O)c2ccc(CCC(=O)c3cnc4nccn4c3)cc2)c1. The van der Waals surface area contributed by atoms with Crippen LogP contribution in [0.25, 0.3) is 5.78 Å². The Bertz CT molecular complexity index is 1540. The van der Waals surface area contributed by atoms with Gasteiger partial charge in [-0.15, -0.1) is 0 Å². The van der Waals surface area contributed by atoms with Crippen LogP contribution in [-0.4, -0.2) is 42.7 Å². The number of aryl methyl sites for hydroxylation is 1. The molecule has 33 heavy (non-hydrogen) atoms. The van der Waals surface area contributed by atoms with Crippen LogP contribution in [-0.2, 0) is 26.1 Å². The van der Waals surface area contributed by atoms with Crippen LogP contribution in [0.1, 0.15) is 29.3 Å². The van der Waals surface area contributed by atoms with E-state index < -0.39 is 19.7 Å². The molecule has 2 heterocycles. The Hall–Kier alpha value is -3.37. The van der Waals surface area contributed by atoms with E-state index in [2.05, 4.69) is 9.97 Å². The molecule has 0 spiro atoms. The molecule has 0 aliphatic carbocycles. The van der Waals surface area contributed by atoms with Gasteiger partial charge in [-0.05, 0) is 42.3 Å². The summed E-state index contributed by atoms with van der Waals surface area (Å²) in [6.45, 7) is 1.51. The molecule has 0 radical (unpaired) electrons. The second-order valence-electron chi connectivity index (χ2n) is 7.43. The largest absolute Gasteiger partial charge is 0.294 e. The van der Waals surface area contributed by atoms with E-state index in [0.717, 1.165) is 5.56 Å². The Morgan fingerprint density at radius 1 is 0.939 bits per heavy atom. The molecule has 0 atom stereocenters. The molecule has 0 bridgehead atoms. The van der Waals surface area contributed by atoms with Gasteiger partial charge in [0.1, 0.15) is 0 Å². The van der Waals surface area contributed by atoms with Gasteiger partial charge < -0.3 is 0 Å². The van der Waals surface area contributed by atoms with Gasteiger partial charge in [0, 0.05) is 31.2 Å². The predicted molar refractivity (Wildman–Crippen MR) is 122 cm³/mol. The van der Waals surface area contributed by atoms with Gasteiger partial charge in [-0.1, -0.05) is 25.1 Å². The normalized spacial score (nSPS) is 12.2. The third-order valence-corrected chi connectivity index (χ3v) is 8.80. The Morgan fingerprint density at radius 3 is 2.39 bits per heavy atom. The van der Waals surface area contributed by atoms with Gasteiger partial charge in [-0.2, -0.15) is 0 Å². The van der Waals surface area contributed by atoms with Crippen LogP contribution >= 0.6 is 0 Å². The first-order valence-corrected chi connectivity index (χ1v) is 13.3. The summed E-state index contributed by atoms with van der Waals surface area (Å²) >= 11 is 0. The topological polar surface area (TPSA) is 116 Å². The molecule has 170 valence electrons. The lowest BCUT2D eigenvalue weighted by atomic mass is 10.0. The zero-order valence-electron chi connectivity index (χ0n) is 17.7. The molecule has 0 N–H and O–H groups in total. The van der Waals surface area contributed by atoms with Gasteiger partial charge in [-0.25, -0.2) is 26.8 Å². The Morgan fingerprint density at radius 2 is 1.67 bits per heavy atom. The number of carbonyl (C=O) groups excluding carboxylic acids is 1. The lowest BCUT2D eigenvalue weighted by molar-refractivity contribution is 0.0982. The average molecular weight is 484 g/mol. The summed E-state index contributed by atoms with van der Waals surface area (Å²) in [5.41, 5.74) is 1.28. The monoisotopic (exact) mass is 483 g/mol. The summed E-state index contributed by atoms with van der Waals surface area (Å²) in [5, 5.41) is 0. The third-order valence-electron chi connectivity index (χ3n) is 5.30. The first kappa shape index (κ1) is 22.8. The highest BCUT2D eigenvalue weighted by atomic mass is 32.2. The molecule has 4 aromatic rings. The van der Waals surface area contributed by atoms with Gasteiger partial charge >= 0.3 is 0 Å². The molecule has 8 nitrogen and oxygen atoms in total. The number of hydrogen-bond acceptors (Lipinski definition) is 7. The van der Waals surface area contributed by atoms with Crippen molar-refractivity contribution in [2.24, 2.45) is 0 Å². The van der Waals surface area contributed by atoms with E-state index in [4.69, 9.17) is 0 Å². The minimum Gasteiger partial charge on any atom is -0.294 e. The summed E-state index contributed by atoms with van der Waals surface area (Å²) < 4.78 is 51.9. The molecule has 0 aliphatic heterocycles. The molecule has 10 heteroatoms. The average Bonchev–Trinajstić information content (AvgIpc) is 3.31. The number of Topliss-reactive ketones (excluding diaryl/α,β-unsaturated/α-hetero) is 1. The van der Waals surface area contributed by atoms with Crippen LogP contribution in [0.5, 0.6) is 0 Å². The van der Waals surface area contributed by atoms with Crippen molar-refractivity contribution in [3.05, 3.63) is 84.4 Å². The quantitative estimate of drug-likeness (QED) is 0.354. The summed E-state index contributed by atoms with van der Waals surface area (Å²) in [4.78, 5) is 20.6. The van der Waals surface area contributed by atoms with Crippen molar-refractivity contribution in [3.63, 3.8) is 0 Å². The molecule has 0 unspecified atom stereocenters. The van der Waals surface area contributed by atoms with Crippen LogP contribution in [0.3, 0.4) is 0 Å². The summed E-state index contributed by atoms with van der Waals surface area (Å²) in [6.07, 6.45) is 7.17. The molecule has 2 aromatic heterocycles. The number of carbonyl (C=O) groups is 1. The van der Waals surface area contributed by atoms with Gasteiger partial charge in [0.25, 0.3) is 0 Å². The van der Waals surface area contributed by atoms with Crippen molar-refractivity contribution >= 4 is 31.2 Å².